The Morgan fingerprint density at radius 2 is 1.56 bits per heavy atom. The number of benzene rings is 3. The normalized spacial score (nSPS) is 21.0. The Hall–Kier alpha value is -3.44. The van der Waals surface area contributed by atoms with Crippen LogP contribution >= 0.6 is 0 Å². The topological polar surface area (TPSA) is 89.6 Å². The summed E-state index contributed by atoms with van der Waals surface area (Å²) in [6.45, 7) is 4.33. The molecular formula is C29H29NO4. The second-order valence-corrected chi connectivity index (χ2v) is 9.71. The number of carbonyl (C=O) groups is 2. The fourth-order valence-electron chi connectivity index (χ4n) is 5.73. The number of carboxylic acids is 1. The van der Waals surface area contributed by atoms with E-state index in [1.807, 2.05) is 42.5 Å². The van der Waals surface area contributed by atoms with Gasteiger partial charge in [-0.25, -0.2) is 0 Å². The molecule has 2 aliphatic rings. The fraction of sp³-hybridized carbons (Fsp3) is 0.310. The average Bonchev–Trinajstić information content (AvgIpc) is 3.15. The van der Waals surface area contributed by atoms with E-state index in [9.17, 15) is 14.7 Å². The van der Waals surface area contributed by atoms with Crippen molar-refractivity contribution < 1.29 is 19.4 Å². The molecule has 5 heteroatoms. The monoisotopic (exact) mass is 455 g/mol. The number of rotatable bonds is 5. The standard InChI is InChI=1S/C29H29NO4/c1-17(2)18-12-7-13-24-23(18)14-15-29(30,28(32)33)26(24)27(31)34-16-25-21-10-5-3-8-19(21)20-9-4-6-11-22(20)25/h3-13,17,25-26H,14-16,30H2,1-2H3,(H,32,33). The highest BCUT2D eigenvalue weighted by molar-refractivity contribution is 5.92. The van der Waals surface area contributed by atoms with Crippen LogP contribution in [0.15, 0.2) is 66.7 Å². The van der Waals surface area contributed by atoms with Gasteiger partial charge in [-0.3, -0.25) is 9.59 Å². The number of carbonyl (C=O) groups excluding carboxylic acids is 1. The lowest BCUT2D eigenvalue weighted by molar-refractivity contribution is -0.156. The molecule has 34 heavy (non-hydrogen) atoms. The third-order valence-electron chi connectivity index (χ3n) is 7.47. The fourth-order valence-corrected chi connectivity index (χ4v) is 5.73. The van der Waals surface area contributed by atoms with Crippen LogP contribution in [0, 0.1) is 0 Å². The molecule has 5 nitrogen and oxygen atoms in total. The summed E-state index contributed by atoms with van der Waals surface area (Å²) in [6.07, 6.45) is 0.716. The van der Waals surface area contributed by atoms with Gasteiger partial charge in [0.1, 0.15) is 18.1 Å². The number of fused-ring (bicyclic) bond motifs is 4. The van der Waals surface area contributed by atoms with Crippen molar-refractivity contribution >= 4 is 11.9 Å². The highest BCUT2D eigenvalue weighted by Crippen LogP contribution is 2.46. The highest BCUT2D eigenvalue weighted by atomic mass is 16.5. The summed E-state index contributed by atoms with van der Waals surface area (Å²) in [5, 5.41) is 10.0. The Morgan fingerprint density at radius 1 is 0.971 bits per heavy atom. The summed E-state index contributed by atoms with van der Waals surface area (Å²) >= 11 is 0. The first-order chi connectivity index (χ1) is 16.3. The molecule has 0 spiro atoms. The van der Waals surface area contributed by atoms with Gasteiger partial charge in [0.15, 0.2) is 0 Å². The molecule has 0 amide bonds. The summed E-state index contributed by atoms with van der Waals surface area (Å²) in [6, 6.07) is 22.0. The molecule has 3 aromatic rings. The van der Waals surface area contributed by atoms with Crippen molar-refractivity contribution in [3.63, 3.8) is 0 Å². The molecule has 0 fully saturated rings. The van der Waals surface area contributed by atoms with E-state index >= 15 is 0 Å². The van der Waals surface area contributed by atoms with Crippen LogP contribution in [0.3, 0.4) is 0 Å². The van der Waals surface area contributed by atoms with Crippen molar-refractivity contribution in [3.05, 3.63) is 94.5 Å². The summed E-state index contributed by atoms with van der Waals surface area (Å²) in [5.74, 6) is -2.65. The first kappa shape index (κ1) is 22.4. The van der Waals surface area contributed by atoms with Gasteiger partial charge in [-0.2, -0.15) is 0 Å². The van der Waals surface area contributed by atoms with Crippen LogP contribution in [-0.2, 0) is 20.7 Å². The van der Waals surface area contributed by atoms with Gasteiger partial charge in [-0.15, -0.1) is 0 Å². The molecule has 0 aliphatic heterocycles. The van der Waals surface area contributed by atoms with E-state index in [4.69, 9.17) is 10.5 Å². The molecule has 3 N–H and O–H groups in total. The lowest BCUT2D eigenvalue weighted by atomic mass is 9.68. The van der Waals surface area contributed by atoms with E-state index in [1.54, 1.807) is 0 Å². The molecule has 174 valence electrons. The van der Waals surface area contributed by atoms with E-state index in [-0.39, 0.29) is 24.9 Å². The number of ether oxygens (including phenoxy) is 1. The number of esters is 1. The maximum Gasteiger partial charge on any atom is 0.324 e. The Bertz CT molecular complexity index is 1240. The van der Waals surface area contributed by atoms with Crippen molar-refractivity contribution in [3.8, 4) is 11.1 Å². The summed E-state index contributed by atoms with van der Waals surface area (Å²) in [7, 11) is 0. The molecule has 0 radical (unpaired) electrons. The van der Waals surface area contributed by atoms with Crippen LogP contribution in [0.2, 0.25) is 0 Å². The Balaban J connectivity index is 1.49. The van der Waals surface area contributed by atoms with Crippen molar-refractivity contribution in [2.24, 2.45) is 5.73 Å². The molecule has 0 bridgehead atoms. The molecule has 0 saturated heterocycles. The van der Waals surface area contributed by atoms with Gasteiger partial charge in [0.25, 0.3) is 0 Å². The molecule has 0 aromatic heterocycles. The minimum Gasteiger partial charge on any atom is -0.480 e. The number of carboxylic acid groups (broad SMARTS) is 1. The molecule has 2 atom stereocenters. The summed E-state index contributed by atoms with van der Waals surface area (Å²) in [4.78, 5) is 25.9. The Labute approximate surface area is 199 Å². The van der Waals surface area contributed by atoms with Gasteiger partial charge in [0.2, 0.25) is 0 Å². The van der Waals surface area contributed by atoms with E-state index in [2.05, 4.69) is 38.1 Å². The second kappa shape index (κ2) is 8.41. The third kappa shape index (κ3) is 3.43. The predicted molar refractivity (Wildman–Crippen MR) is 131 cm³/mol. The van der Waals surface area contributed by atoms with Gasteiger partial charge in [-0.05, 0) is 57.7 Å². The zero-order chi connectivity index (χ0) is 24.0. The lowest BCUT2D eigenvalue weighted by Crippen LogP contribution is -2.58. The van der Waals surface area contributed by atoms with Gasteiger partial charge in [0.05, 0.1) is 0 Å². The Kier molecular flexibility index (Phi) is 5.53. The molecule has 3 aromatic carbocycles. The predicted octanol–water partition coefficient (Wildman–Crippen LogP) is 4.98. The van der Waals surface area contributed by atoms with E-state index < -0.39 is 23.4 Å². The number of nitrogens with two attached hydrogens (primary N) is 1. The SMILES string of the molecule is CC(C)c1cccc2c1CCC(N)(C(=O)O)C2C(=O)OCC1c2ccccc2-c2ccccc21. The maximum atomic E-state index is 13.6. The summed E-state index contributed by atoms with van der Waals surface area (Å²) in [5.41, 5.74) is 12.1. The van der Waals surface area contributed by atoms with E-state index in [0.29, 0.717) is 12.0 Å². The minimum atomic E-state index is -1.70. The first-order valence-corrected chi connectivity index (χ1v) is 11.8. The lowest BCUT2D eigenvalue weighted by Gasteiger charge is -2.38. The molecule has 2 aliphatic carbocycles. The Morgan fingerprint density at radius 3 is 2.15 bits per heavy atom. The average molecular weight is 456 g/mol. The van der Waals surface area contributed by atoms with Gasteiger partial charge < -0.3 is 15.6 Å². The number of hydrogen-bond donors (Lipinski definition) is 2. The molecule has 2 unspecified atom stereocenters. The third-order valence-corrected chi connectivity index (χ3v) is 7.47. The molecule has 0 saturated carbocycles. The smallest absolute Gasteiger partial charge is 0.324 e. The zero-order valence-electron chi connectivity index (χ0n) is 19.5. The van der Waals surface area contributed by atoms with Crippen LogP contribution in [-0.4, -0.2) is 29.2 Å². The zero-order valence-corrected chi connectivity index (χ0v) is 19.5. The van der Waals surface area contributed by atoms with Crippen LogP contribution < -0.4 is 5.73 Å². The van der Waals surface area contributed by atoms with E-state index in [0.717, 1.165) is 33.4 Å². The van der Waals surface area contributed by atoms with Crippen molar-refractivity contribution in [1.29, 1.82) is 0 Å². The van der Waals surface area contributed by atoms with Crippen LogP contribution in [0.5, 0.6) is 0 Å². The highest BCUT2D eigenvalue weighted by Gasteiger charge is 2.51. The number of hydrogen-bond acceptors (Lipinski definition) is 4. The first-order valence-electron chi connectivity index (χ1n) is 11.8. The van der Waals surface area contributed by atoms with Crippen molar-refractivity contribution in [2.45, 2.75) is 50.0 Å². The van der Waals surface area contributed by atoms with E-state index in [1.165, 1.54) is 0 Å². The molecule has 5 rings (SSSR count). The molecular weight excluding hydrogens is 426 g/mol. The quantitative estimate of drug-likeness (QED) is 0.530. The van der Waals surface area contributed by atoms with Gasteiger partial charge in [0, 0.05) is 5.92 Å². The maximum absolute atomic E-state index is 13.6. The summed E-state index contributed by atoms with van der Waals surface area (Å²) < 4.78 is 5.90. The van der Waals surface area contributed by atoms with Crippen molar-refractivity contribution in [1.82, 2.24) is 0 Å². The van der Waals surface area contributed by atoms with Crippen LogP contribution in [0.25, 0.3) is 11.1 Å². The van der Waals surface area contributed by atoms with Crippen LogP contribution in [0.1, 0.15) is 65.8 Å². The van der Waals surface area contributed by atoms with Crippen molar-refractivity contribution in [2.75, 3.05) is 6.61 Å². The second-order valence-electron chi connectivity index (χ2n) is 9.71. The van der Waals surface area contributed by atoms with Gasteiger partial charge >= 0.3 is 11.9 Å². The van der Waals surface area contributed by atoms with Crippen LogP contribution in [0.4, 0.5) is 0 Å². The minimum absolute atomic E-state index is 0.0987. The molecule has 0 heterocycles. The number of aliphatic carboxylic acids is 1. The largest absolute Gasteiger partial charge is 0.480 e. The van der Waals surface area contributed by atoms with Gasteiger partial charge in [-0.1, -0.05) is 80.6 Å².